The van der Waals surface area contributed by atoms with Gasteiger partial charge in [-0.2, -0.15) is 0 Å². The van der Waals surface area contributed by atoms with Gasteiger partial charge in [0.05, 0.1) is 12.2 Å². The highest BCUT2D eigenvalue weighted by Crippen LogP contribution is 2.25. The molecule has 2 heteroatoms. The molecular weight excluding hydrogens is 140 g/mol. The van der Waals surface area contributed by atoms with Gasteiger partial charge in [-0.25, -0.2) is 4.79 Å². The normalized spacial score (nSPS) is 23.1. The van der Waals surface area contributed by atoms with Crippen molar-refractivity contribution in [3.8, 4) is 0 Å². The second-order valence-electron chi connectivity index (χ2n) is 2.84. The number of rotatable bonds is 0. The van der Waals surface area contributed by atoms with Gasteiger partial charge in [-0.1, -0.05) is 17.7 Å². The summed E-state index contributed by atoms with van der Waals surface area (Å²) in [7, 11) is 0. The maximum absolute atomic E-state index is 11.1. The molecule has 1 aliphatic heterocycles. The largest absolute Gasteiger partial charge is 0.462 e. The molecule has 0 unspecified atom stereocenters. The summed E-state index contributed by atoms with van der Waals surface area (Å²) in [4.78, 5) is 11.1. The van der Waals surface area contributed by atoms with Crippen molar-refractivity contribution in [2.45, 2.75) is 19.3 Å². The zero-order chi connectivity index (χ0) is 7.68. The lowest BCUT2D eigenvalue weighted by atomic mass is 9.94. The van der Waals surface area contributed by atoms with Crippen molar-refractivity contribution >= 4 is 5.97 Å². The highest BCUT2D eigenvalue weighted by Gasteiger charge is 2.20. The molecule has 0 aromatic heterocycles. The summed E-state index contributed by atoms with van der Waals surface area (Å²) in [5, 5.41) is 0. The molecule has 58 valence electrons. The van der Waals surface area contributed by atoms with Crippen LogP contribution in [0.1, 0.15) is 19.3 Å². The Morgan fingerprint density at radius 2 is 2.27 bits per heavy atom. The number of esters is 1. The summed E-state index contributed by atoms with van der Waals surface area (Å²) in [6.07, 6.45) is 6.98. The fourth-order valence-electron chi connectivity index (χ4n) is 1.53. The van der Waals surface area contributed by atoms with Crippen molar-refractivity contribution in [1.29, 1.82) is 0 Å². The van der Waals surface area contributed by atoms with Crippen LogP contribution in [0.5, 0.6) is 0 Å². The fourth-order valence-corrected chi connectivity index (χ4v) is 1.53. The van der Waals surface area contributed by atoms with Crippen LogP contribution in [-0.4, -0.2) is 12.6 Å². The first-order valence-electron chi connectivity index (χ1n) is 3.93. The summed E-state index contributed by atoms with van der Waals surface area (Å²) in [5.41, 5.74) is 2.09. The average molecular weight is 150 g/mol. The molecule has 0 saturated heterocycles. The number of hydrogen-bond acceptors (Lipinski definition) is 2. The van der Waals surface area contributed by atoms with E-state index in [2.05, 4.69) is 0 Å². The SMILES string of the molecule is O=C1OCCC2=C1C=CCC2. The molecule has 11 heavy (non-hydrogen) atoms. The Morgan fingerprint density at radius 3 is 3.09 bits per heavy atom. The van der Waals surface area contributed by atoms with Gasteiger partial charge in [0.2, 0.25) is 0 Å². The smallest absolute Gasteiger partial charge is 0.338 e. The van der Waals surface area contributed by atoms with Crippen LogP contribution in [0.4, 0.5) is 0 Å². The zero-order valence-electron chi connectivity index (χ0n) is 6.30. The topological polar surface area (TPSA) is 26.3 Å². The molecule has 2 nitrogen and oxygen atoms in total. The molecule has 0 atom stereocenters. The van der Waals surface area contributed by atoms with Crippen LogP contribution >= 0.6 is 0 Å². The summed E-state index contributed by atoms with van der Waals surface area (Å²) < 4.78 is 4.90. The van der Waals surface area contributed by atoms with Gasteiger partial charge < -0.3 is 4.74 Å². The van der Waals surface area contributed by atoms with Crippen LogP contribution in [0.25, 0.3) is 0 Å². The number of allylic oxidation sites excluding steroid dienone is 1. The van der Waals surface area contributed by atoms with Crippen molar-refractivity contribution in [2.24, 2.45) is 0 Å². The molecule has 0 radical (unpaired) electrons. The number of cyclic esters (lactones) is 1. The van der Waals surface area contributed by atoms with E-state index in [1.165, 1.54) is 5.57 Å². The number of carbonyl (C=O) groups is 1. The molecule has 0 fully saturated rings. The highest BCUT2D eigenvalue weighted by molar-refractivity contribution is 5.93. The van der Waals surface area contributed by atoms with Crippen molar-refractivity contribution in [3.05, 3.63) is 23.3 Å². The minimum Gasteiger partial charge on any atom is -0.462 e. The summed E-state index contributed by atoms with van der Waals surface area (Å²) in [5.74, 6) is -0.137. The van der Waals surface area contributed by atoms with E-state index in [-0.39, 0.29) is 5.97 Å². The van der Waals surface area contributed by atoms with Crippen LogP contribution < -0.4 is 0 Å². The molecule has 0 aromatic carbocycles. The first kappa shape index (κ1) is 6.65. The molecule has 2 rings (SSSR count). The van der Waals surface area contributed by atoms with Gasteiger partial charge in [-0.3, -0.25) is 0 Å². The van der Waals surface area contributed by atoms with Crippen molar-refractivity contribution in [3.63, 3.8) is 0 Å². The number of hydrogen-bond donors (Lipinski definition) is 0. The zero-order valence-corrected chi connectivity index (χ0v) is 6.30. The Labute approximate surface area is 65.5 Å². The minimum absolute atomic E-state index is 0.137. The molecule has 0 saturated carbocycles. The molecule has 1 aliphatic carbocycles. The van der Waals surface area contributed by atoms with E-state index in [0.29, 0.717) is 6.61 Å². The van der Waals surface area contributed by atoms with Crippen molar-refractivity contribution in [2.75, 3.05) is 6.61 Å². The third kappa shape index (κ3) is 1.09. The van der Waals surface area contributed by atoms with E-state index in [1.54, 1.807) is 0 Å². The van der Waals surface area contributed by atoms with Gasteiger partial charge >= 0.3 is 5.97 Å². The molecule has 0 bridgehead atoms. The van der Waals surface area contributed by atoms with E-state index >= 15 is 0 Å². The highest BCUT2D eigenvalue weighted by atomic mass is 16.5. The first-order chi connectivity index (χ1) is 5.38. The first-order valence-corrected chi connectivity index (χ1v) is 3.93. The number of carbonyl (C=O) groups excluding carboxylic acids is 1. The summed E-state index contributed by atoms with van der Waals surface area (Å²) >= 11 is 0. The van der Waals surface area contributed by atoms with Gasteiger partial charge in [-0.15, -0.1) is 0 Å². The van der Waals surface area contributed by atoms with Crippen LogP contribution in [0, 0.1) is 0 Å². The minimum atomic E-state index is -0.137. The Bertz CT molecular complexity index is 248. The lowest BCUT2D eigenvalue weighted by molar-refractivity contribution is -0.139. The monoisotopic (exact) mass is 150 g/mol. The molecule has 2 aliphatic rings. The summed E-state index contributed by atoms with van der Waals surface area (Å²) in [6, 6.07) is 0. The molecule has 1 heterocycles. The second kappa shape index (κ2) is 2.53. The van der Waals surface area contributed by atoms with E-state index in [9.17, 15) is 4.79 Å². The van der Waals surface area contributed by atoms with E-state index in [4.69, 9.17) is 4.74 Å². The standard InChI is InChI=1S/C9H10O2/c10-9-8-4-2-1-3-7(8)5-6-11-9/h2,4H,1,3,5-6H2. The van der Waals surface area contributed by atoms with Gasteiger partial charge in [0, 0.05) is 6.42 Å². The Morgan fingerprint density at radius 1 is 1.36 bits per heavy atom. The summed E-state index contributed by atoms with van der Waals surface area (Å²) in [6.45, 7) is 0.575. The van der Waals surface area contributed by atoms with Gasteiger partial charge in [0.15, 0.2) is 0 Å². The second-order valence-corrected chi connectivity index (χ2v) is 2.84. The average Bonchev–Trinajstić information content (AvgIpc) is 2.06. The van der Waals surface area contributed by atoms with E-state index in [1.807, 2.05) is 12.2 Å². The third-order valence-corrected chi connectivity index (χ3v) is 2.14. The Balaban J connectivity index is 2.35. The van der Waals surface area contributed by atoms with Gasteiger partial charge in [0.1, 0.15) is 0 Å². The predicted molar refractivity (Wildman–Crippen MR) is 41.0 cm³/mol. The maximum atomic E-state index is 11.1. The molecule has 0 aromatic rings. The number of ether oxygens (including phenoxy) is 1. The van der Waals surface area contributed by atoms with E-state index in [0.717, 1.165) is 24.8 Å². The predicted octanol–water partition coefficient (Wildman–Crippen LogP) is 1.58. The van der Waals surface area contributed by atoms with Crippen molar-refractivity contribution < 1.29 is 9.53 Å². The van der Waals surface area contributed by atoms with Crippen LogP contribution in [0.2, 0.25) is 0 Å². The maximum Gasteiger partial charge on any atom is 0.338 e. The van der Waals surface area contributed by atoms with Crippen LogP contribution in [-0.2, 0) is 9.53 Å². The molecule has 0 amide bonds. The third-order valence-electron chi connectivity index (χ3n) is 2.14. The van der Waals surface area contributed by atoms with Gasteiger partial charge in [0.25, 0.3) is 0 Å². The quantitative estimate of drug-likeness (QED) is 0.490. The van der Waals surface area contributed by atoms with Crippen molar-refractivity contribution in [1.82, 2.24) is 0 Å². The Kier molecular flexibility index (Phi) is 1.53. The molecular formula is C9H10O2. The fraction of sp³-hybridized carbons (Fsp3) is 0.444. The van der Waals surface area contributed by atoms with E-state index < -0.39 is 0 Å². The molecule has 0 N–H and O–H groups in total. The lowest BCUT2D eigenvalue weighted by Gasteiger charge is -2.19. The van der Waals surface area contributed by atoms with Crippen LogP contribution in [0.3, 0.4) is 0 Å². The lowest BCUT2D eigenvalue weighted by Crippen LogP contribution is -2.17. The molecule has 0 spiro atoms. The van der Waals surface area contributed by atoms with Crippen LogP contribution in [0.15, 0.2) is 23.3 Å². The Hall–Kier alpha value is -1.05. The van der Waals surface area contributed by atoms with Gasteiger partial charge in [-0.05, 0) is 12.8 Å².